The molecule has 0 unspecified atom stereocenters. The lowest BCUT2D eigenvalue weighted by molar-refractivity contribution is 0.248. The van der Waals surface area contributed by atoms with Crippen LogP contribution in [-0.2, 0) is 6.42 Å². The fraction of sp³-hybridized carbons (Fsp3) is 0.414. The zero-order valence-corrected chi connectivity index (χ0v) is 24.5. The van der Waals surface area contributed by atoms with Crippen molar-refractivity contribution in [1.82, 2.24) is 25.9 Å². The molecule has 0 radical (unpaired) electrons. The van der Waals surface area contributed by atoms with E-state index >= 15 is 0 Å². The van der Waals surface area contributed by atoms with Crippen LogP contribution in [0.25, 0.3) is 0 Å². The number of piperidine rings is 1. The second-order valence-electron chi connectivity index (χ2n) is 10.1. The summed E-state index contributed by atoms with van der Waals surface area (Å²) in [6.45, 7) is 4.55. The molecular formula is C29H38ClN9O2. The van der Waals surface area contributed by atoms with Crippen LogP contribution in [0.3, 0.4) is 0 Å². The Morgan fingerprint density at radius 3 is 2.66 bits per heavy atom. The SMILES string of the molecule is CNCCNC1CCN(c2ccc(Nc3ncc(Cl)c(Nc4cccc5c4N(C(=O)NC)CC5)n3)c(OC)c2)CC1. The van der Waals surface area contributed by atoms with Crippen LogP contribution in [0, 0.1) is 0 Å². The molecule has 2 aliphatic heterocycles. The molecule has 1 fully saturated rings. The van der Waals surface area contributed by atoms with Gasteiger partial charge in [-0.15, -0.1) is 0 Å². The van der Waals surface area contributed by atoms with Gasteiger partial charge in [0.15, 0.2) is 5.82 Å². The summed E-state index contributed by atoms with van der Waals surface area (Å²) in [5, 5.41) is 16.5. The Hall–Kier alpha value is -3.80. The lowest BCUT2D eigenvalue weighted by Crippen LogP contribution is -2.44. The molecule has 1 aromatic heterocycles. The number of nitrogens with one attached hydrogen (secondary N) is 5. The predicted octanol–water partition coefficient (Wildman–Crippen LogP) is 4.11. The monoisotopic (exact) mass is 579 g/mol. The maximum atomic E-state index is 12.5. The number of anilines is 6. The van der Waals surface area contributed by atoms with Crippen molar-refractivity contribution in [3.05, 3.63) is 53.2 Å². The minimum absolute atomic E-state index is 0.157. The number of ether oxygens (including phenoxy) is 1. The normalized spacial score (nSPS) is 15.0. The summed E-state index contributed by atoms with van der Waals surface area (Å²) in [4.78, 5) is 25.6. The van der Waals surface area contributed by atoms with E-state index in [-0.39, 0.29) is 6.03 Å². The van der Waals surface area contributed by atoms with E-state index in [1.54, 1.807) is 25.3 Å². The van der Waals surface area contributed by atoms with Crippen LogP contribution < -0.4 is 41.1 Å². The van der Waals surface area contributed by atoms with Crippen LogP contribution in [0.5, 0.6) is 5.75 Å². The van der Waals surface area contributed by atoms with E-state index < -0.39 is 0 Å². The summed E-state index contributed by atoms with van der Waals surface area (Å²) >= 11 is 6.49. The Morgan fingerprint density at radius 2 is 1.90 bits per heavy atom. The molecule has 41 heavy (non-hydrogen) atoms. The Morgan fingerprint density at radius 1 is 1.07 bits per heavy atom. The van der Waals surface area contributed by atoms with Crippen molar-refractivity contribution in [1.29, 1.82) is 0 Å². The maximum absolute atomic E-state index is 12.5. The van der Waals surface area contributed by atoms with Crippen molar-refractivity contribution in [3.8, 4) is 5.75 Å². The summed E-state index contributed by atoms with van der Waals surface area (Å²) < 4.78 is 5.73. The minimum Gasteiger partial charge on any atom is -0.494 e. The van der Waals surface area contributed by atoms with Gasteiger partial charge in [0.1, 0.15) is 10.8 Å². The number of carbonyl (C=O) groups is 1. The van der Waals surface area contributed by atoms with Gasteiger partial charge >= 0.3 is 6.03 Å². The predicted molar refractivity (Wildman–Crippen MR) is 166 cm³/mol. The van der Waals surface area contributed by atoms with Gasteiger partial charge < -0.3 is 36.2 Å². The number of fused-ring (bicyclic) bond motifs is 1. The topological polar surface area (TPSA) is 119 Å². The summed E-state index contributed by atoms with van der Waals surface area (Å²) in [6.07, 6.45) is 4.54. The van der Waals surface area contributed by atoms with Crippen LogP contribution in [0.1, 0.15) is 18.4 Å². The van der Waals surface area contributed by atoms with Crippen molar-refractivity contribution in [2.75, 3.05) is 74.4 Å². The summed E-state index contributed by atoms with van der Waals surface area (Å²) in [6, 6.07) is 12.4. The molecule has 5 rings (SSSR count). The van der Waals surface area contributed by atoms with Crippen molar-refractivity contribution in [3.63, 3.8) is 0 Å². The molecule has 5 N–H and O–H groups in total. The third kappa shape index (κ3) is 6.58. The van der Waals surface area contributed by atoms with E-state index in [2.05, 4.69) is 47.5 Å². The van der Waals surface area contributed by atoms with Crippen molar-refractivity contribution >= 4 is 52.1 Å². The highest BCUT2D eigenvalue weighted by atomic mass is 35.5. The zero-order chi connectivity index (χ0) is 28.8. The molecule has 0 atom stereocenters. The van der Waals surface area contributed by atoms with Gasteiger partial charge in [0.2, 0.25) is 5.95 Å². The highest BCUT2D eigenvalue weighted by Crippen LogP contribution is 2.38. The molecule has 0 aliphatic carbocycles. The van der Waals surface area contributed by atoms with Gasteiger partial charge in [-0.1, -0.05) is 23.7 Å². The smallest absolute Gasteiger partial charge is 0.321 e. The fourth-order valence-corrected chi connectivity index (χ4v) is 5.52. The summed E-state index contributed by atoms with van der Waals surface area (Å²) in [5.74, 6) is 1.50. The molecule has 2 aromatic carbocycles. The first kappa shape index (κ1) is 28.7. The number of amides is 2. The standard InChI is InChI=1S/C29H38ClN9O2/c1-31-12-13-33-20-10-14-38(15-11-20)21-7-8-23(25(17-21)41-3)36-28-34-18-22(30)27(37-28)35-24-6-4-5-19-9-16-39(26(19)24)29(40)32-2/h4-8,17-18,20,31,33H,9-16H2,1-3H3,(H,32,40)(H2,34,35,36,37). The van der Waals surface area contributed by atoms with Crippen molar-refractivity contribution in [2.24, 2.45) is 0 Å². The van der Waals surface area contributed by atoms with Gasteiger partial charge in [-0.05, 0) is 50.1 Å². The van der Waals surface area contributed by atoms with E-state index in [9.17, 15) is 4.79 Å². The van der Waals surface area contributed by atoms with Crippen LogP contribution in [0.2, 0.25) is 5.02 Å². The summed E-state index contributed by atoms with van der Waals surface area (Å²) in [5.41, 5.74) is 4.53. The maximum Gasteiger partial charge on any atom is 0.321 e. The second-order valence-corrected chi connectivity index (χ2v) is 10.5. The molecule has 0 saturated carbocycles. The first-order chi connectivity index (χ1) is 20.0. The Bertz CT molecular complexity index is 1360. The second kappa shape index (κ2) is 13.2. The van der Waals surface area contributed by atoms with E-state index in [4.69, 9.17) is 16.3 Å². The number of hydrogen-bond acceptors (Lipinski definition) is 9. The molecule has 1 saturated heterocycles. The van der Waals surface area contributed by atoms with Crippen molar-refractivity contribution in [2.45, 2.75) is 25.3 Å². The average Bonchev–Trinajstić information content (AvgIpc) is 3.44. The number of nitrogens with zero attached hydrogens (tertiary/aromatic N) is 4. The number of halogens is 1. The van der Waals surface area contributed by atoms with E-state index in [1.807, 2.05) is 37.4 Å². The van der Waals surface area contributed by atoms with Gasteiger partial charge in [-0.2, -0.15) is 4.98 Å². The Kier molecular flexibility index (Phi) is 9.28. The van der Waals surface area contributed by atoms with Crippen LogP contribution in [-0.4, -0.2) is 76.0 Å². The average molecular weight is 580 g/mol. The highest BCUT2D eigenvalue weighted by molar-refractivity contribution is 6.33. The van der Waals surface area contributed by atoms with Gasteiger partial charge in [0, 0.05) is 57.6 Å². The zero-order valence-electron chi connectivity index (χ0n) is 23.8. The van der Waals surface area contributed by atoms with Gasteiger partial charge in [0.25, 0.3) is 0 Å². The lowest BCUT2D eigenvalue weighted by atomic mass is 10.0. The molecule has 2 amide bonds. The van der Waals surface area contributed by atoms with E-state index in [0.717, 1.165) is 73.8 Å². The minimum atomic E-state index is -0.157. The number of aromatic nitrogens is 2. The van der Waals surface area contributed by atoms with Crippen molar-refractivity contribution < 1.29 is 9.53 Å². The third-order valence-corrected chi connectivity index (χ3v) is 7.83. The molecule has 0 bridgehead atoms. The first-order valence-corrected chi connectivity index (χ1v) is 14.4. The van der Waals surface area contributed by atoms with Crippen LogP contribution in [0.15, 0.2) is 42.6 Å². The lowest BCUT2D eigenvalue weighted by Gasteiger charge is -2.34. The van der Waals surface area contributed by atoms with Crippen LogP contribution in [0.4, 0.5) is 39.3 Å². The van der Waals surface area contributed by atoms with Crippen LogP contribution >= 0.6 is 11.6 Å². The molecule has 218 valence electrons. The third-order valence-electron chi connectivity index (χ3n) is 7.55. The molecule has 11 nitrogen and oxygen atoms in total. The fourth-order valence-electron chi connectivity index (χ4n) is 5.38. The summed E-state index contributed by atoms with van der Waals surface area (Å²) in [7, 11) is 5.26. The van der Waals surface area contributed by atoms with Gasteiger partial charge in [-0.3, -0.25) is 4.90 Å². The number of urea groups is 1. The first-order valence-electron chi connectivity index (χ1n) is 14.0. The number of benzene rings is 2. The Balaban J connectivity index is 1.29. The largest absolute Gasteiger partial charge is 0.494 e. The molecule has 0 spiro atoms. The number of hydrogen-bond donors (Lipinski definition) is 5. The van der Waals surface area contributed by atoms with Gasteiger partial charge in [-0.25, -0.2) is 9.78 Å². The number of para-hydroxylation sites is 1. The molecular weight excluding hydrogens is 542 g/mol. The quantitative estimate of drug-likeness (QED) is 0.226. The molecule has 3 heterocycles. The highest BCUT2D eigenvalue weighted by Gasteiger charge is 2.27. The van der Waals surface area contributed by atoms with E-state index in [0.29, 0.717) is 35.1 Å². The molecule has 12 heteroatoms. The molecule has 2 aliphatic rings. The Labute approximate surface area is 246 Å². The number of rotatable bonds is 10. The number of likely N-dealkylation sites (N-methyl/N-ethyl adjacent to an activating group) is 1. The number of carbonyl (C=O) groups excluding carboxylic acids is 1. The van der Waals surface area contributed by atoms with E-state index in [1.165, 1.54) is 0 Å². The number of methoxy groups -OCH3 is 1. The molecule has 3 aromatic rings. The van der Waals surface area contributed by atoms with Gasteiger partial charge in [0.05, 0.1) is 30.4 Å².